The van der Waals surface area contributed by atoms with Crippen LogP contribution in [0.4, 0.5) is 18.3 Å². The van der Waals surface area contributed by atoms with Crippen molar-refractivity contribution in [3.8, 4) is 0 Å². The summed E-state index contributed by atoms with van der Waals surface area (Å²) in [5, 5.41) is 6.81. The van der Waals surface area contributed by atoms with E-state index >= 15 is 0 Å². The maximum absolute atomic E-state index is 13.5. The lowest BCUT2D eigenvalue weighted by Gasteiger charge is -2.11. The van der Waals surface area contributed by atoms with E-state index in [4.69, 9.17) is 0 Å². The number of anilines is 1. The number of benzene rings is 1. The molecule has 0 aliphatic heterocycles. The summed E-state index contributed by atoms with van der Waals surface area (Å²) < 4.78 is 42.1. The van der Waals surface area contributed by atoms with Gasteiger partial charge in [-0.05, 0) is 43.5 Å². The first kappa shape index (κ1) is 18.0. The van der Waals surface area contributed by atoms with Crippen LogP contribution in [0, 0.1) is 6.92 Å². The smallest absolute Gasteiger partial charge is 0.298 e. The molecule has 5 rings (SSSR count). The Labute approximate surface area is 166 Å². The quantitative estimate of drug-likeness (QED) is 0.520. The number of hydrogen-bond donors (Lipinski definition) is 1. The number of halogens is 3. The Balaban J connectivity index is 1.55. The summed E-state index contributed by atoms with van der Waals surface area (Å²) in [6, 6.07) is 6.75. The fraction of sp³-hybridized carbons (Fsp3) is 0.263. The number of amides is 1. The van der Waals surface area contributed by atoms with E-state index in [2.05, 4.69) is 20.4 Å². The molecule has 29 heavy (non-hydrogen) atoms. The second-order valence-corrected chi connectivity index (χ2v) is 8.11. The Morgan fingerprint density at radius 3 is 2.76 bits per heavy atom. The van der Waals surface area contributed by atoms with E-state index in [0.29, 0.717) is 15.3 Å². The summed E-state index contributed by atoms with van der Waals surface area (Å²) in [4.78, 5) is 21.4. The van der Waals surface area contributed by atoms with Crippen molar-refractivity contribution in [2.75, 3.05) is 5.32 Å². The molecule has 1 aliphatic rings. The van der Waals surface area contributed by atoms with Crippen molar-refractivity contribution in [3.05, 3.63) is 53.0 Å². The topological polar surface area (TPSA) is 72.2 Å². The van der Waals surface area contributed by atoms with Gasteiger partial charge in [-0.15, -0.1) is 0 Å². The van der Waals surface area contributed by atoms with E-state index in [1.165, 1.54) is 11.3 Å². The second kappa shape index (κ2) is 6.24. The van der Waals surface area contributed by atoms with Crippen LogP contribution in [-0.4, -0.2) is 25.5 Å². The monoisotopic (exact) mass is 417 g/mol. The van der Waals surface area contributed by atoms with Crippen LogP contribution in [0.3, 0.4) is 0 Å². The summed E-state index contributed by atoms with van der Waals surface area (Å²) in [5.74, 6) is -0.594. The maximum atomic E-state index is 13.5. The van der Waals surface area contributed by atoms with E-state index in [-0.39, 0.29) is 17.1 Å². The summed E-state index contributed by atoms with van der Waals surface area (Å²) >= 11 is 1.30. The lowest BCUT2D eigenvalue weighted by atomic mass is 10.2. The van der Waals surface area contributed by atoms with Gasteiger partial charge >= 0.3 is 6.18 Å². The summed E-state index contributed by atoms with van der Waals surface area (Å²) in [6.07, 6.45) is -1.90. The predicted octanol–water partition coefficient (Wildman–Crippen LogP) is 4.80. The van der Waals surface area contributed by atoms with E-state index in [9.17, 15) is 18.0 Å². The minimum atomic E-state index is -4.60. The standard InChI is InChI=1S/C19H14F3N5OS/c1-9-2-5-12-14(6-9)29-18(25-12)26-17(28)11-8-23-27-15(19(20,21)22)7-13(10-3-4-10)24-16(11)27/h2,5-8,10H,3-4H2,1H3,(H,25,26,28). The Morgan fingerprint density at radius 1 is 1.24 bits per heavy atom. The van der Waals surface area contributed by atoms with Gasteiger partial charge in [0.05, 0.1) is 16.4 Å². The molecule has 10 heteroatoms. The first-order valence-electron chi connectivity index (χ1n) is 8.94. The van der Waals surface area contributed by atoms with E-state index in [0.717, 1.165) is 40.9 Å². The van der Waals surface area contributed by atoms with Gasteiger partial charge in [-0.2, -0.15) is 18.3 Å². The fourth-order valence-corrected chi connectivity index (χ4v) is 4.14. The number of rotatable bonds is 3. The van der Waals surface area contributed by atoms with Crippen molar-refractivity contribution in [2.45, 2.75) is 31.9 Å². The first-order valence-corrected chi connectivity index (χ1v) is 9.75. The van der Waals surface area contributed by atoms with Crippen LogP contribution in [0.5, 0.6) is 0 Å². The largest absolute Gasteiger partial charge is 0.433 e. The zero-order valence-corrected chi connectivity index (χ0v) is 15.9. The van der Waals surface area contributed by atoms with Crippen molar-refractivity contribution < 1.29 is 18.0 Å². The molecule has 1 saturated carbocycles. The highest BCUT2D eigenvalue weighted by Crippen LogP contribution is 2.41. The lowest BCUT2D eigenvalue weighted by Crippen LogP contribution is -2.16. The number of carbonyl (C=O) groups excluding carboxylic acids is 1. The molecule has 0 unspecified atom stereocenters. The third-order valence-electron chi connectivity index (χ3n) is 4.79. The molecule has 0 radical (unpaired) electrons. The van der Waals surface area contributed by atoms with Crippen LogP contribution in [0.1, 0.15) is 46.1 Å². The van der Waals surface area contributed by atoms with E-state index < -0.39 is 17.8 Å². The molecule has 1 amide bonds. The average molecular weight is 417 g/mol. The van der Waals surface area contributed by atoms with Crippen molar-refractivity contribution in [1.82, 2.24) is 19.6 Å². The van der Waals surface area contributed by atoms with Gasteiger partial charge in [-0.1, -0.05) is 17.4 Å². The molecule has 0 saturated heterocycles. The molecule has 0 atom stereocenters. The fourth-order valence-electron chi connectivity index (χ4n) is 3.18. The molecule has 6 nitrogen and oxygen atoms in total. The Hall–Kier alpha value is -3.01. The molecular formula is C19H14F3N5OS. The second-order valence-electron chi connectivity index (χ2n) is 7.08. The molecule has 0 spiro atoms. The summed E-state index contributed by atoms with van der Waals surface area (Å²) in [6.45, 7) is 1.96. The Morgan fingerprint density at radius 2 is 2.03 bits per heavy atom. The SMILES string of the molecule is Cc1ccc2nc(NC(=O)c3cnn4c(C(F)(F)F)cc(C5CC5)nc34)sc2c1. The molecule has 4 aromatic rings. The van der Waals surface area contributed by atoms with Crippen LogP contribution >= 0.6 is 11.3 Å². The number of aromatic nitrogens is 4. The van der Waals surface area contributed by atoms with Crippen molar-refractivity contribution in [1.29, 1.82) is 0 Å². The average Bonchev–Trinajstić information content (AvgIpc) is 3.29. The number of alkyl halides is 3. The number of carbonyl (C=O) groups is 1. The Kier molecular flexibility index (Phi) is 3.89. The number of nitrogens with zero attached hydrogens (tertiary/aromatic N) is 4. The minimum Gasteiger partial charge on any atom is -0.298 e. The van der Waals surface area contributed by atoms with Crippen LogP contribution in [-0.2, 0) is 6.18 Å². The van der Waals surface area contributed by atoms with Crippen LogP contribution in [0.25, 0.3) is 15.9 Å². The number of aryl methyl sites for hydroxylation is 1. The minimum absolute atomic E-state index is 0.000544. The molecule has 1 N–H and O–H groups in total. The zero-order valence-electron chi connectivity index (χ0n) is 15.1. The number of fused-ring (bicyclic) bond motifs is 2. The normalized spacial score (nSPS) is 14.6. The van der Waals surface area contributed by atoms with Gasteiger partial charge in [0.15, 0.2) is 10.8 Å². The van der Waals surface area contributed by atoms with Gasteiger partial charge in [0.2, 0.25) is 0 Å². The number of thiazole rings is 1. The van der Waals surface area contributed by atoms with Crippen molar-refractivity contribution >= 4 is 38.2 Å². The van der Waals surface area contributed by atoms with Gasteiger partial charge in [0.25, 0.3) is 5.91 Å². The number of hydrogen-bond acceptors (Lipinski definition) is 5. The highest BCUT2D eigenvalue weighted by molar-refractivity contribution is 7.22. The molecule has 3 aromatic heterocycles. The Bertz CT molecular complexity index is 1270. The van der Waals surface area contributed by atoms with Crippen LogP contribution < -0.4 is 5.32 Å². The highest BCUT2D eigenvalue weighted by atomic mass is 32.1. The maximum Gasteiger partial charge on any atom is 0.433 e. The summed E-state index contributed by atoms with van der Waals surface area (Å²) in [7, 11) is 0. The zero-order chi connectivity index (χ0) is 20.3. The molecule has 3 heterocycles. The van der Waals surface area contributed by atoms with Crippen LogP contribution in [0.2, 0.25) is 0 Å². The third kappa shape index (κ3) is 3.23. The van der Waals surface area contributed by atoms with Gasteiger partial charge in [0.1, 0.15) is 11.3 Å². The van der Waals surface area contributed by atoms with Gasteiger partial charge in [-0.25, -0.2) is 14.5 Å². The number of nitrogens with one attached hydrogen (secondary N) is 1. The van der Waals surface area contributed by atoms with E-state index in [1.54, 1.807) is 0 Å². The molecular weight excluding hydrogens is 403 g/mol. The van der Waals surface area contributed by atoms with Gasteiger partial charge in [0, 0.05) is 11.6 Å². The lowest BCUT2D eigenvalue weighted by molar-refractivity contribution is -0.142. The molecule has 1 aromatic carbocycles. The third-order valence-corrected chi connectivity index (χ3v) is 5.72. The van der Waals surface area contributed by atoms with Crippen molar-refractivity contribution in [3.63, 3.8) is 0 Å². The highest BCUT2D eigenvalue weighted by Gasteiger charge is 2.38. The van der Waals surface area contributed by atoms with E-state index in [1.807, 2.05) is 25.1 Å². The summed E-state index contributed by atoms with van der Waals surface area (Å²) in [5.41, 5.74) is 1.10. The molecule has 0 bridgehead atoms. The van der Waals surface area contributed by atoms with Gasteiger partial charge in [-0.3, -0.25) is 10.1 Å². The molecule has 1 fully saturated rings. The van der Waals surface area contributed by atoms with Gasteiger partial charge < -0.3 is 0 Å². The predicted molar refractivity (Wildman–Crippen MR) is 102 cm³/mol. The van der Waals surface area contributed by atoms with Crippen LogP contribution in [0.15, 0.2) is 30.5 Å². The molecule has 148 valence electrons. The van der Waals surface area contributed by atoms with Crippen molar-refractivity contribution in [2.24, 2.45) is 0 Å². The first-order chi connectivity index (χ1) is 13.8. The molecule has 1 aliphatic carbocycles.